The molecule has 2 amide bonds. The number of carbonyl (C=O) groups excluding carboxylic acids is 4. The van der Waals surface area contributed by atoms with Gasteiger partial charge in [0.1, 0.15) is 48.1 Å². The Morgan fingerprint density at radius 1 is 0.952 bits per heavy atom. The fourth-order valence-electron chi connectivity index (χ4n) is 9.66. The van der Waals surface area contributed by atoms with Gasteiger partial charge >= 0.3 is 11.9 Å². The van der Waals surface area contributed by atoms with E-state index in [0.29, 0.717) is 24.0 Å². The molecule has 8 atom stereocenters. The Hall–Kier alpha value is -5.16. The zero-order valence-corrected chi connectivity index (χ0v) is 35.2. The minimum absolute atomic E-state index is 0.0219. The quantitative estimate of drug-likeness (QED) is 0.114. The Kier molecular flexibility index (Phi) is 12.6. The molecule has 1 saturated carbocycles. The number of ether oxygens (including phenoxy) is 5. The van der Waals surface area contributed by atoms with Gasteiger partial charge in [0.05, 0.1) is 32.1 Å². The summed E-state index contributed by atoms with van der Waals surface area (Å²) in [5.41, 5.74) is 0.683. The van der Waals surface area contributed by atoms with E-state index in [4.69, 9.17) is 28.5 Å². The summed E-state index contributed by atoms with van der Waals surface area (Å²) >= 11 is 0. The van der Waals surface area contributed by atoms with Crippen LogP contribution in [0.1, 0.15) is 75.1 Å². The van der Waals surface area contributed by atoms with Crippen molar-refractivity contribution in [3.8, 4) is 0 Å². The monoisotopic (exact) mass is 853 g/mol. The number of hydroxylamine groups is 2. The van der Waals surface area contributed by atoms with E-state index < -0.39 is 89.7 Å². The number of carbonyl (C=O) groups is 4. The number of rotatable bonds is 15. The van der Waals surface area contributed by atoms with E-state index in [1.165, 1.54) is 16.2 Å². The van der Waals surface area contributed by atoms with Crippen molar-refractivity contribution < 1.29 is 57.9 Å². The molecule has 5 aliphatic rings. The van der Waals surface area contributed by atoms with Gasteiger partial charge in [0.15, 0.2) is 6.04 Å². The highest BCUT2D eigenvalue weighted by molar-refractivity contribution is 5.96. The van der Waals surface area contributed by atoms with Crippen molar-refractivity contribution in [2.75, 3.05) is 26.4 Å². The van der Waals surface area contributed by atoms with Crippen LogP contribution >= 0.6 is 0 Å². The second-order valence-electron chi connectivity index (χ2n) is 17.5. The molecule has 0 unspecified atom stereocenters. The third-order valence-corrected chi connectivity index (χ3v) is 12.3. The molecule has 4 saturated heterocycles. The highest BCUT2D eigenvalue weighted by Crippen LogP contribution is 2.60. The Labute approximate surface area is 360 Å². The first-order valence-electron chi connectivity index (χ1n) is 21.4. The molecule has 62 heavy (non-hydrogen) atoms. The summed E-state index contributed by atoms with van der Waals surface area (Å²) in [7, 11) is 0. The predicted molar refractivity (Wildman–Crippen MR) is 222 cm³/mol. The summed E-state index contributed by atoms with van der Waals surface area (Å²) < 4.78 is 31.2. The van der Waals surface area contributed by atoms with Crippen molar-refractivity contribution >= 4 is 29.8 Å². The number of amides is 2. The van der Waals surface area contributed by atoms with Crippen LogP contribution in [0.15, 0.2) is 91.2 Å². The van der Waals surface area contributed by atoms with Crippen LogP contribution in [0.4, 0.5) is 0 Å². The van der Waals surface area contributed by atoms with Crippen LogP contribution in [0, 0.1) is 5.41 Å². The smallest absolute Gasteiger partial charge is 0.327 e. The zero-order chi connectivity index (χ0) is 43.6. The van der Waals surface area contributed by atoms with Crippen LogP contribution in [0.2, 0.25) is 0 Å². The molecule has 2 bridgehead atoms. The fraction of sp³-hybridized carbons (Fsp3) is 0.489. The van der Waals surface area contributed by atoms with E-state index in [-0.39, 0.29) is 45.6 Å². The van der Waals surface area contributed by atoms with Gasteiger partial charge in [-0.25, -0.2) is 0 Å². The lowest BCUT2D eigenvalue weighted by atomic mass is 9.62. The maximum atomic E-state index is 15.7. The number of fused-ring (bicyclic) bond motifs is 4. The summed E-state index contributed by atoms with van der Waals surface area (Å²) in [6.45, 7) is 5.16. The van der Waals surface area contributed by atoms with Crippen molar-refractivity contribution in [2.45, 2.75) is 113 Å². The van der Waals surface area contributed by atoms with Crippen LogP contribution in [0.5, 0.6) is 0 Å². The van der Waals surface area contributed by atoms with E-state index in [0.717, 1.165) is 11.1 Å². The van der Waals surface area contributed by atoms with Gasteiger partial charge in [0, 0.05) is 30.5 Å². The number of hydrogen-bond donors (Lipinski definition) is 3. The molecule has 8 rings (SSSR count). The molecule has 0 spiro atoms. The van der Waals surface area contributed by atoms with Crippen LogP contribution in [-0.2, 0) is 60.0 Å². The lowest BCUT2D eigenvalue weighted by molar-refractivity contribution is -0.214. The van der Waals surface area contributed by atoms with Gasteiger partial charge in [-0.15, -0.1) is 0 Å². The number of hydrogen-bond acceptors (Lipinski definition) is 13. The van der Waals surface area contributed by atoms with Gasteiger partial charge < -0.3 is 44.1 Å². The summed E-state index contributed by atoms with van der Waals surface area (Å²) in [6.07, 6.45) is 0.564. The molecule has 3 N–H and O–H groups in total. The molecule has 330 valence electrons. The van der Waals surface area contributed by atoms with Crippen molar-refractivity contribution in [1.82, 2.24) is 15.3 Å². The molecule has 0 aromatic heterocycles. The van der Waals surface area contributed by atoms with E-state index >= 15 is 4.79 Å². The highest BCUT2D eigenvalue weighted by atomic mass is 16.8. The van der Waals surface area contributed by atoms with Gasteiger partial charge in [-0.1, -0.05) is 84.9 Å². The Balaban J connectivity index is 1.14. The summed E-state index contributed by atoms with van der Waals surface area (Å²) in [5.74, 6) is -3.46. The number of aliphatic hydroxyl groups excluding tert-OH is 2. The lowest BCUT2D eigenvalue weighted by Crippen LogP contribution is -2.70. The molecule has 4 heterocycles. The lowest BCUT2D eigenvalue weighted by Gasteiger charge is -2.50. The van der Waals surface area contributed by atoms with Gasteiger partial charge in [0.25, 0.3) is 0 Å². The van der Waals surface area contributed by atoms with Crippen LogP contribution in [0.3, 0.4) is 0 Å². The topological polar surface area (TPSA) is 183 Å². The minimum Gasteiger partial charge on any atom is -0.499 e. The van der Waals surface area contributed by atoms with E-state index in [1.807, 2.05) is 84.9 Å². The van der Waals surface area contributed by atoms with Crippen LogP contribution in [0.25, 0.3) is 6.08 Å². The standard InChI is InChI=1S/C47H55N3O12/c1-45(2,3)59-37(53)21-20-34(29-52)48-42(54)35-19-12-23-49(35)44(56)46-27-36-38-39(61-47(60-38,32-15-6-4-7-16-32)33-17-8-5-9-18-33)41(46)62-50(40(46)43(55)58-36)28-31-14-11-10-13-30(31)22-25-57-26-24-51/h4-11,13-18,22,25,34-36,38-41,51-52H,12,19-21,23-24,26-29H2,1-3H3,(H,48,54)/t34-,35+,36+,38-,39-,40-,41+,46-/m0/s1. The van der Waals surface area contributed by atoms with E-state index in [2.05, 4.69) is 5.32 Å². The molecule has 15 nitrogen and oxygen atoms in total. The molecule has 1 aliphatic carbocycles. The number of benzene rings is 3. The van der Waals surface area contributed by atoms with Crippen molar-refractivity contribution in [1.29, 1.82) is 0 Å². The van der Waals surface area contributed by atoms with Gasteiger partial charge in [-0.3, -0.25) is 24.0 Å². The molecule has 4 aliphatic heterocycles. The van der Waals surface area contributed by atoms with Gasteiger partial charge in [-0.2, -0.15) is 5.06 Å². The third-order valence-electron chi connectivity index (χ3n) is 12.3. The predicted octanol–water partition coefficient (Wildman–Crippen LogP) is 3.74. The average molecular weight is 854 g/mol. The number of likely N-dealkylation sites (tertiary alicyclic amines) is 1. The maximum Gasteiger partial charge on any atom is 0.327 e. The maximum absolute atomic E-state index is 15.7. The SMILES string of the molecule is CC(C)(C)OC(=O)CC[C@@H](CO)NC(=O)[C@H]1CCCN1C(=O)[C@@]12C[C@H]3OC(=O)[C@@H]1N(Cc1ccccc1C=COCCO)O[C@@H]2[C@H]1OC(c2ccccc2)(c2ccccc2)O[C@H]13. The first kappa shape index (κ1) is 43.5. The fourth-order valence-corrected chi connectivity index (χ4v) is 9.66. The average Bonchev–Trinajstić information content (AvgIpc) is 4.01. The zero-order valence-electron chi connectivity index (χ0n) is 35.2. The first-order chi connectivity index (χ1) is 29.9. The molecule has 3 aromatic carbocycles. The number of nitrogens with one attached hydrogen (secondary N) is 1. The Morgan fingerprint density at radius 2 is 1.63 bits per heavy atom. The number of nitrogens with zero attached hydrogens (tertiary/aromatic N) is 2. The number of aliphatic hydroxyl groups is 2. The van der Waals surface area contributed by atoms with Crippen molar-refractivity contribution in [3.63, 3.8) is 0 Å². The Morgan fingerprint density at radius 3 is 2.31 bits per heavy atom. The van der Waals surface area contributed by atoms with Crippen LogP contribution in [-0.4, -0.2) is 118 Å². The second kappa shape index (κ2) is 17.9. The van der Waals surface area contributed by atoms with Gasteiger partial charge in [-0.05, 0) is 57.2 Å². The van der Waals surface area contributed by atoms with E-state index in [1.54, 1.807) is 26.8 Å². The third kappa shape index (κ3) is 8.25. The highest BCUT2D eigenvalue weighted by Gasteiger charge is 2.77. The molecule has 15 heteroatoms. The van der Waals surface area contributed by atoms with E-state index in [9.17, 15) is 24.6 Å². The Bertz CT molecular complexity index is 2090. The summed E-state index contributed by atoms with van der Waals surface area (Å²) in [5, 5.41) is 23.8. The molecule has 5 fully saturated rings. The van der Waals surface area contributed by atoms with Crippen molar-refractivity contribution in [3.05, 3.63) is 113 Å². The minimum atomic E-state index is -1.57. The summed E-state index contributed by atoms with van der Waals surface area (Å²) in [6, 6.07) is 23.6. The first-order valence-corrected chi connectivity index (χ1v) is 21.4. The molecular weight excluding hydrogens is 799 g/mol. The van der Waals surface area contributed by atoms with Crippen molar-refractivity contribution in [2.24, 2.45) is 5.41 Å². The summed E-state index contributed by atoms with van der Waals surface area (Å²) in [4.78, 5) is 65.3. The van der Waals surface area contributed by atoms with Gasteiger partial charge in [0.2, 0.25) is 17.6 Å². The van der Waals surface area contributed by atoms with Crippen LogP contribution < -0.4 is 5.32 Å². The molecule has 0 radical (unpaired) electrons. The molecular formula is C47H55N3O12. The second-order valence-corrected chi connectivity index (χ2v) is 17.5. The number of esters is 2. The normalized spacial score (nSPS) is 28.0. The largest absolute Gasteiger partial charge is 0.499 e. The molecule has 3 aromatic rings.